The van der Waals surface area contributed by atoms with Crippen LogP contribution in [0.15, 0.2) is 59.1 Å². The van der Waals surface area contributed by atoms with E-state index in [1.807, 2.05) is 12.1 Å². The van der Waals surface area contributed by atoms with Crippen molar-refractivity contribution in [3.8, 4) is 28.8 Å². The van der Waals surface area contributed by atoms with Crippen LogP contribution in [0.5, 0.6) is 5.75 Å². The number of halogens is 3. The molecule has 5 nitrogen and oxygen atoms in total. The molecule has 26 heavy (non-hydrogen) atoms. The number of aromatic hydroxyl groups is 1. The van der Waals surface area contributed by atoms with Crippen LogP contribution in [0.25, 0.3) is 33.8 Å². The molecular formula is C18H10F3N3O2. The molecule has 0 aliphatic carbocycles. The fourth-order valence-corrected chi connectivity index (χ4v) is 2.71. The van der Waals surface area contributed by atoms with Crippen molar-refractivity contribution in [3.05, 3.63) is 60.3 Å². The average molecular weight is 357 g/mol. The fourth-order valence-electron chi connectivity index (χ4n) is 2.71. The lowest BCUT2D eigenvalue weighted by molar-refractivity contribution is -0.137. The largest absolute Gasteiger partial charge is 0.507 e. The summed E-state index contributed by atoms with van der Waals surface area (Å²) in [6.45, 7) is 0. The van der Waals surface area contributed by atoms with E-state index in [-0.39, 0.29) is 23.1 Å². The summed E-state index contributed by atoms with van der Waals surface area (Å²) in [7, 11) is 0. The third kappa shape index (κ3) is 2.65. The smallest absolute Gasteiger partial charge is 0.418 e. The van der Waals surface area contributed by atoms with Crippen molar-refractivity contribution in [1.29, 1.82) is 0 Å². The van der Waals surface area contributed by atoms with Crippen molar-refractivity contribution in [2.45, 2.75) is 6.18 Å². The third-order valence-electron chi connectivity index (χ3n) is 3.86. The second kappa shape index (κ2) is 5.83. The molecule has 2 aromatic heterocycles. The van der Waals surface area contributed by atoms with Gasteiger partial charge in [0.2, 0.25) is 0 Å². The molecule has 0 saturated heterocycles. The minimum atomic E-state index is -4.61. The number of phenols is 1. The van der Waals surface area contributed by atoms with Gasteiger partial charge in [-0.05, 0) is 29.0 Å². The first-order valence-corrected chi connectivity index (χ1v) is 7.52. The molecule has 0 spiro atoms. The molecule has 0 bridgehead atoms. The third-order valence-corrected chi connectivity index (χ3v) is 3.86. The van der Waals surface area contributed by atoms with Crippen LogP contribution in [0.2, 0.25) is 0 Å². The summed E-state index contributed by atoms with van der Waals surface area (Å²) < 4.78 is 44.9. The van der Waals surface area contributed by atoms with Crippen molar-refractivity contribution in [3.63, 3.8) is 0 Å². The zero-order chi connectivity index (χ0) is 18.3. The maximum absolute atomic E-state index is 13.2. The Morgan fingerprint density at radius 3 is 2.46 bits per heavy atom. The molecule has 0 saturated carbocycles. The van der Waals surface area contributed by atoms with Crippen LogP contribution in [0, 0.1) is 0 Å². The quantitative estimate of drug-likeness (QED) is 0.564. The summed E-state index contributed by atoms with van der Waals surface area (Å²) in [6.07, 6.45) is -3.40. The lowest BCUT2D eigenvalue weighted by Crippen LogP contribution is -2.08. The van der Waals surface area contributed by atoms with Gasteiger partial charge in [-0.3, -0.25) is 4.98 Å². The van der Waals surface area contributed by atoms with Crippen LogP contribution in [0.1, 0.15) is 5.56 Å². The second-order valence-electron chi connectivity index (χ2n) is 5.49. The van der Waals surface area contributed by atoms with Crippen LogP contribution < -0.4 is 0 Å². The highest BCUT2D eigenvalue weighted by molar-refractivity contribution is 5.97. The molecule has 0 aliphatic rings. The van der Waals surface area contributed by atoms with E-state index < -0.39 is 17.4 Å². The predicted octanol–water partition coefficient (Wildman–Crippen LogP) is 4.68. The molecule has 0 atom stereocenters. The molecule has 0 unspecified atom stereocenters. The lowest BCUT2D eigenvalue weighted by Gasteiger charge is -2.08. The highest BCUT2D eigenvalue weighted by atomic mass is 19.4. The van der Waals surface area contributed by atoms with Gasteiger partial charge in [0.25, 0.3) is 11.8 Å². The number of fused-ring (bicyclic) bond motifs is 1. The van der Waals surface area contributed by atoms with Gasteiger partial charge in [-0.25, -0.2) is 0 Å². The summed E-state index contributed by atoms with van der Waals surface area (Å²) in [5, 5.41) is 19.2. The highest BCUT2D eigenvalue weighted by Gasteiger charge is 2.36. The van der Waals surface area contributed by atoms with E-state index in [4.69, 9.17) is 4.42 Å². The van der Waals surface area contributed by atoms with Crippen LogP contribution in [0.4, 0.5) is 13.2 Å². The standard InChI is InChI=1S/C18H10F3N3O2/c19-18(20,21)12-6-3-9-22-15(12)17-24-23-16(26-17)14-11-5-2-1-4-10(11)7-8-13(14)25/h1-9,25H. The summed E-state index contributed by atoms with van der Waals surface area (Å²) in [6, 6.07) is 12.4. The van der Waals surface area contributed by atoms with Crippen LogP contribution in [0.3, 0.4) is 0 Å². The molecule has 0 aliphatic heterocycles. The first-order valence-electron chi connectivity index (χ1n) is 7.52. The van der Waals surface area contributed by atoms with E-state index >= 15 is 0 Å². The lowest BCUT2D eigenvalue weighted by atomic mass is 10.0. The van der Waals surface area contributed by atoms with Crippen molar-refractivity contribution >= 4 is 10.8 Å². The van der Waals surface area contributed by atoms with Crippen LogP contribution in [-0.4, -0.2) is 20.3 Å². The first kappa shape index (κ1) is 16.1. The van der Waals surface area contributed by atoms with Crippen molar-refractivity contribution in [2.24, 2.45) is 0 Å². The first-order chi connectivity index (χ1) is 12.4. The second-order valence-corrected chi connectivity index (χ2v) is 5.49. The molecule has 2 aromatic carbocycles. The minimum absolute atomic E-state index is 0.0897. The number of hydrogen-bond donors (Lipinski definition) is 1. The normalized spacial score (nSPS) is 11.8. The Kier molecular flexibility index (Phi) is 3.61. The van der Waals surface area contributed by atoms with Gasteiger partial charge in [-0.2, -0.15) is 13.2 Å². The van der Waals surface area contributed by atoms with Gasteiger partial charge in [-0.15, -0.1) is 10.2 Å². The Labute approximate surface area is 144 Å². The summed E-state index contributed by atoms with van der Waals surface area (Å²) >= 11 is 0. The Balaban J connectivity index is 1.88. The van der Waals surface area contributed by atoms with Crippen molar-refractivity contribution in [2.75, 3.05) is 0 Å². The topological polar surface area (TPSA) is 72.0 Å². The number of alkyl halides is 3. The molecule has 0 amide bonds. The van der Waals surface area contributed by atoms with E-state index in [0.29, 0.717) is 5.39 Å². The summed E-state index contributed by atoms with van der Waals surface area (Å²) in [5.41, 5.74) is -1.18. The zero-order valence-electron chi connectivity index (χ0n) is 13.0. The molecular weight excluding hydrogens is 347 g/mol. The average Bonchev–Trinajstić information content (AvgIpc) is 3.10. The van der Waals surface area contributed by atoms with Gasteiger partial charge in [0.1, 0.15) is 11.4 Å². The molecule has 2 heterocycles. The van der Waals surface area contributed by atoms with Gasteiger partial charge in [0.15, 0.2) is 0 Å². The van der Waals surface area contributed by atoms with Gasteiger partial charge in [0.05, 0.1) is 11.1 Å². The monoisotopic (exact) mass is 357 g/mol. The number of hydrogen-bond acceptors (Lipinski definition) is 5. The number of benzene rings is 2. The molecule has 8 heteroatoms. The Bertz CT molecular complexity index is 1110. The van der Waals surface area contributed by atoms with E-state index in [2.05, 4.69) is 15.2 Å². The minimum Gasteiger partial charge on any atom is -0.507 e. The number of aromatic nitrogens is 3. The van der Waals surface area contributed by atoms with E-state index in [9.17, 15) is 18.3 Å². The zero-order valence-corrected chi connectivity index (χ0v) is 13.0. The van der Waals surface area contributed by atoms with Crippen LogP contribution >= 0.6 is 0 Å². The highest BCUT2D eigenvalue weighted by Crippen LogP contribution is 2.39. The Morgan fingerprint density at radius 2 is 1.65 bits per heavy atom. The summed E-state index contributed by atoms with van der Waals surface area (Å²) in [4.78, 5) is 3.73. The van der Waals surface area contributed by atoms with Crippen molar-refractivity contribution < 1.29 is 22.7 Å². The summed E-state index contributed by atoms with van der Waals surface area (Å²) in [5.74, 6) is -0.579. The molecule has 0 fully saturated rings. The molecule has 130 valence electrons. The molecule has 1 N–H and O–H groups in total. The molecule has 4 aromatic rings. The van der Waals surface area contributed by atoms with Crippen molar-refractivity contribution in [1.82, 2.24) is 15.2 Å². The number of phenolic OH excluding ortho intramolecular Hbond substituents is 1. The van der Waals surface area contributed by atoms with Crippen LogP contribution in [-0.2, 0) is 6.18 Å². The van der Waals surface area contributed by atoms with E-state index in [1.54, 1.807) is 18.2 Å². The maximum atomic E-state index is 13.2. The Hall–Kier alpha value is -3.42. The van der Waals surface area contributed by atoms with Gasteiger partial charge in [0, 0.05) is 6.20 Å². The predicted molar refractivity (Wildman–Crippen MR) is 87.1 cm³/mol. The Morgan fingerprint density at radius 1 is 0.885 bits per heavy atom. The fraction of sp³-hybridized carbons (Fsp3) is 0.0556. The van der Waals surface area contributed by atoms with Gasteiger partial charge < -0.3 is 9.52 Å². The van der Waals surface area contributed by atoms with Gasteiger partial charge >= 0.3 is 6.18 Å². The van der Waals surface area contributed by atoms with E-state index in [0.717, 1.165) is 11.5 Å². The molecule has 4 rings (SSSR count). The number of pyridine rings is 1. The number of rotatable bonds is 2. The molecule has 0 radical (unpaired) electrons. The SMILES string of the molecule is Oc1ccc2ccccc2c1-c1nnc(-c2ncccc2C(F)(F)F)o1. The maximum Gasteiger partial charge on any atom is 0.418 e. The van der Waals surface area contributed by atoms with E-state index in [1.165, 1.54) is 18.3 Å². The van der Waals surface area contributed by atoms with Gasteiger partial charge in [-0.1, -0.05) is 30.3 Å². The number of nitrogens with zero attached hydrogens (tertiary/aromatic N) is 3.